The van der Waals surface area contributed by atoms with Gasteiger partial charge in [-0.2, -0.15) is 0 Å². The molecule has 0 fully saturated rings. The van der Waals surface area contributed by atoms with Crippen LogP contribution < -0.4 is 4.74 Å². The van der Waals surface area contributed by atoms with Gasteiger partial charge in [-0.1, -0.05) is 0 Å². The molecule has 0 aliphatic heterocycles. The van der Waals surface area contributed by atoms with Crippen molar-refractivity contribution < 1.29 is 19.0 Å². The Hall–Kier alpha value is -1.42. The Bertz CT molecular complexity index is 361. The van der Waals surface area contributed by atoms with Crippen LogP contribution in [0.1, 0.15) is 18.9 Å². The zero-order valence-electron chi connectivity index (χ0n) is 8.66. The van der Waals surface area contributed by atoms with E-state index in [4.69, 9.17) is 4.74 Å². The number of aldehydes is 1. The number of carbonyl (C=O) groups is 1. The second-order valence-electron chi connectivity index (χ2n) is 3.49. The second kappa shape index (κ2) is 4.40. The Morgan fingerprint density at radius 2 is 2.27 bits per heavy atom. The molecule has 3 nitrogen and oxygen atoms in total. The average molecular weight is 212 g/mol. The molecule has 0 saturated heterocycles. The van der Waals surface area contributed by atoms with E-state index in [1.807, 2.05) is 0 Å². The van der Waals surface area contributed by atoms with Crippen LogP contribution >= 0.6 is 0 Å². The normalized spacial score (nSPS) is 14.4. The van der Waals surface area contributed by atoms with Crippen LogP contribution in [0.25, 0.3) is 0 Å². The predicted octanol–water partition coefficient (Wildman–Crippen LogP) is 1.63. The molecule has 1 rings (SSSR count). The zero-order valence-corrected chi connectivity index (χ0v) is 8.66. The lowest BCUT2D eigenvalue weighted by Crippen LogP contribution is -2.23. The summed E-state index contributed by atoms with van der Waals surface area (Å²) in [7, 11) is 1.43. The van der Waals surface area contributed by atoms with Gasteiger partial charge in [-0.25, -0.2) is 4.39 Å². The van der Waals surface area contributed by atoms with E-state index in [0.29, 0.717) is 12.0 Å². The standard InChI is InChI=1S/C11H13FO3/c1-11(14,5-6-13)9-4-3-8(15-2)7-10(9)12/h3-4,6-7,14H,5H2,1-2H3. The molecule has 0 aliphatic rings. The second-order valence-corrected chi connectivity index (χ2v) is 3.49. The molecular formula is C11H13FO3. The number of benzene rings is 1. The summed E-state index contributed by atoms with van der Waals surface area (Å²) < 4.78 is 18.3. The third-order valence-electron chi connectivity index (χ3n) is 2.24. The topological polar surface area (TPSA) is 46.5 Å². The van der Waals surface area contributed by atoms with Gasteiger partial charge in [0, 0.05) is 18.1 Å². The molecule has 0 heterocycles. The molecule has 0 radical (unpaired) electrons. The molecule has 0 bridgehead atoms. The molecule has 82 valence electrons. The Kier molecular flexibility index (Phi) is 3.42. The largest absolute Gasteiger partial charge is 0.497 e. The molecule has 1 N–H and O–H groups in total. The molecule has 1 aromatic rings. The maximum Gasteiger partial charge on any atom is 0.132 e. The summed E-state index contributed by atoms with van der Waals surface area (Å²) in [5, 5.41) is 9.82. The van der Waals surface area contributed by atoms with Crippen molar-refractivity contribution in [1.29, 1.82) is 0 Å². The smallest absolute Gasteiger partial charge is 0.132 e. The van der Waals surface area contributed by atoms with Crippen molar-refractivity contribution in [2.24, 2.45) is 0 Å². The third-order valence-corrected chi connectivity index (χ3v) is 2.24. The number of rotatable bonds is 4. The minimum Gasteiger partial charge on any atom is -0.497 e. The predicted molar refractivity (Wildman–Crippen MR) is 53.2 cm³/mol. The van der Waals surface area contributed by atoms with Gasteiger partial charge in [-0.05, 0) is 19.1 Å². The number of hydrogen-bond acceptors (Lipinski definition) is 3. The van der Waals surface area contributed by atoms with E-state index in [9.17, 15) is 14.3 Å². The molecule has 0 saturated carbocycles. The maximum absolute atomic E-state index is 13.5. The first-order chi connectivity index (χ1) is 7.01. The van der Waals surface area contributed by atoms with Crippen molar-refractivity contribution in [2.45, 2.75) is 18.9 Å². The number of aliphatic hydroxyl groups is 1. The Morgan fingerprint density at radius 1 is 1.60 bits per heavy atom. The van der Waals surface area contributed by atoms with Gasteiger partial charge in [0.1, 0.15) is 17.9 Å². The van der Waals surface area contributed by atoms with Crippen molar-refractivity contribution >= 4 is 6.29 Å². The highest BCUT2D eigenvalue weighted by Crippen LogP contribution is 2.28. The fraction of sp³-hybridized carbons (Fsp3) is 0.364. The molecule has 1 atom stereocenters. The highest BCUT2D eigenvalue weighted by molar-refractivity contribution is 5.52. The molecule has 1 unspecified atom stereocenters. The lowest BCUT2D eigenvalue weighted by Gasteiger charge is -2.21. The number of methoxy groups -OCH3 is 1. The first-order valence-electron chi connectivity index (χ1n) is 4.51. The van der Waals surface area contributed by atoms with Gasteiger partial charge < -0.3 is 14.6 Å². The first kappa shape index (κ1) is 11.7. The van der Waals surface area contributed by atoms with Gasteiger partial charge in [0.25, 0.3) is 0 Å². The van der Waals surface area contributed by atoms with E-state index < -0.39 is 11.4 Å². The Morgan fingerprint density at radius 3 is 2.73 bits per heavy atom. The minimum atomic E-state index is -1.47. The van der Waals surface area contributed by atoms with Gasteiger partial charge >= 0.3 is 0 Å². The van der Waals surface area contributed by atoms with E-state index in [1.165, 1.54) is 32.2 Å². The van der Waals surface area contributed by atoms with Gasteiger partial charge in [0.15, 0.2) is 0 Å². The van der Waals surface area contributed by atoms with E-state index in [0.717, 1.165) is 0 Å². The minimum absolute atomic E-state index is 0.0930. The summed E-state index contributed by atoms with van der Waals surface area (Å²) in [5.41, 5.74) is -1.38. The van der Waals surface area contributed by atoms with E-state index in [-0.39, 0.29) is 12.0 Å². The van der Waals surface area contributed by atoms with E-state index in [1.54, 1.807) is 0 Å². The monoisotopic (exact) mass is 212 g/mol. The summed E-state index contributed by atoms with van der Waals surface area (Å²) in [6.45, 7) is 1.40. The van der Waals surface area contributed by atoms with E-state index in [2.05, 4.69) is 0 Å². The van der Waals surface area contributed by atoms with Crippen LogP contribution in [0, 0.1) is 5.82 Å². The highest BCUT2D eigenvalue weighted by atomic mass is 19.1. The maximum atomic E-state index is 13.5. The number of halogens is 1. The number of hydrogen-bond donors (Lipinski definition) is 1. The van der Waals surface area contributed by atoms with Crippen LogP contribution in [0.15, 0.2) is 18.2 Å². The molecule has 0 spiro atoms. The Balaban J connectivity index is 3.09. The Labute approximate surface area is 87.5 Å². The summed E-state index contributed by atoms with van der Waals surface area (Å²) in [6, 6.07) is 4.13. The quantitative estimate of drug-likeness (QED) is 0.771. The summed E-state index contributed by atoms with van der Waals surface area (Å²) in [5.74, 6) is -0.209. The summed E-state index contributed by atoms with van der Waals surface area (Å²) in [6.07, 6.45) is 0.417. The number of carbonyl (C=O) groups excluding carboxylic acids is 1. The fourth-order valence-corrected chi connectivity index (χ4v) is 1.33. The summed E-state index contributed by atoms with van der Waals surface area (Å²) in [4.78, 5) is 10.3. The van der Waals surface area contributed by atoms with Crippen molar-refractivity contribution in [1.82, 2.24) is 0 Å². The van der Waals surface area contributed by atoms with Gasteiger partial charge in [-0.3, -0.25) is 0 Å². The third kappa shape index (κ3) is 2.53. The van der Waals surface area contributed by atoms with Gasteiger partial charge in [0.2, 0.25) is 0 Å². The molecule has 4 heteroatoms. The number of ether oxygens (including phenoxy) is 1. The zero-order chi connectivity index (χ0) is 11.5. The molecular weight excluding hydrogens is 199 g/mol. The van der Waals surface area contributed by atoms with Crippen LogP contribution in [-0.2, 0) is 10.4 Å². The van der Waals surface area contributed by atoms with Crippen molar-refractivity contribution in [3.63, 3.8) is 0 Å². The lowest BCUT2D eigenvalue weighted by molar-refractivity contribution is -0.112. The van der Waals surface area contributed by atoms with Crippen LogP contribution in [0.4, 0.5) is 4.39 Å². The lowest BCUT2D eigenvalue weighted by atomic mass is 9.92. The van der Waals surface area contributed by atoms with Gasteiger partial charge in [0.05, 0.1) is 12.7 Å². The molecule has 0 amide bonds. The molecule has 0 aliphatic carbocycles. The van der Waals surface area contributed by atoms with Crippen molar-refractivity contribution in [3.8, 4) is 5.75 Å². The van der Waals surface area contributed by atoms with Crippen LogP contribution in [0.3, 0.4) is 0 Å². The van der Waals surface area contributed by atoms with Gasteiger partial charge in [-0.15, -0.1) is 0 Å². The van der Waals surface area contributed by atoms with Crippen LogP contribution in [0.2, 0.25) is 0 Å². The first-order valence-corrected chi connectivity index (χ1v) is 4.51. The van der Waals surface area contributed by atoms with Crippen molar-refractivity contribution in [3.05, 3.63) is 29.6 Å². The average Bonchev–Trinajstić information content (AvgIpc) is 2.17. The molecule has 0 aromatic heterocycles. The highest BCUT2D eigenvalue weighted by Gasteiger charge is 2.26. The fourth-order valence-electron chi connectivity index (χ4n) is 1.33. The SMILES string of the molecule is COc1ccc(C(C)(O)CC=O)c(F)c1. The van der Waals surface area contributed by atoms with Crippen LogP contribution in [-0.4, -0.2) is 18.5 Å². The molecule has 15 heavy (non-hydrogen) atoms. The van der Waals surface area contributed by atoms with E-state index >= 15 is 0 Å². The van der Waals surface area contributed by atoms with Crippen molar-refractivity contribution in [2.75, 3.05) is 7.11 Å². The van der Waals surface area contributed by atoms with Crippen LogP contribution in [0.5, 0.6) is 5.75 Å². The summed E-state index contributed by atoms with van der Waals surface area (Å²) >= 11 is 0. The molecule has 1 aromatic carbocycles.